The Balaban J connectivity index is 2.61. The van der Waals surface area contributed by atoms with Gasteiger partial charge in [0.1, 0.15) is 6.67 Å². The van der Waals surface area contributed by atoms with Crippen molar-refractivity contribution in [3.8, 4) is 0 Å². The van der Waals surface area contributed by atoms with E-state index in [0.717, 1.165) is 5.56 Å². The van der Waals surface area contributed by atoms with Crippen LogP contribution in [0.15, 0.2) is 29.2 Å². The van der Waals surface area contributed by atoms with Crippen molar-refractivity contribution < 1.29 is 12.8 Å². The van der Waals surface area contributed by atoms with E-state index in [1.165, 1.54) is 0 Å². The van der Waals surface area contributed by atoms with Crippen LogP contribution in [-0.2, 0) is 15.3 Å². The molecule has 0 saturated carbocycles. The minimum absolute atomic E-state index is 0.125. The van der Waals surface area contributed by atoms with Gasteiger partial charge in [-0.05, 0) is 19.1 Å². The van der Waals surface area contributed by atoms with Gasteiger partial charge in [0.15, 0.2) is 11.1 Å². The van der Waals surface area contributed by atoms with E-state index >= 15 is 0 Å². The van der Waals surface area contributed by atoms with Crippen LogP contribution in [-0.4, -0.2) is 17.5 Å². The molecule has 1 aromatic carbocycles. The van der Waals surface area contributed by atoms with E-state index in [1.54, 1.807) is 12.1 Å². The fourth-order valence-electron chi connectivity index (χ4n) is 0.825. The van der Waals surface area contributed by atoms with Crippen molar-refractivity contribution in [1.82, 2.24) is 0 Å². The molecular weight excluding hydrogens is 191 g/mol. The molecule has 0 spiro atoms. The normalized spacial score (nSPS) is 12.8. The Kier molecular flexibility index (Phi) is 4.05. The molecule has 1 unspecified atom stereocenters. The van der Waals surface area contributed by atoms with Gasteiger partial charge in [-0.3, -0.25) is 4.18 Å². The van der Waals surface area contributed by atoms with E-state index in [2.05, 4.69) is 0 Å². The predicted molar refractivity (Wildman–Crippen MR) is 49.5 cm³/mol. The molecule has 0 heterocycles. The summed E-state index contributed by atoms with van der Waals surface area (Å²) in [6.07, 6.45) is 0. The van der Waals surface area contributed by atoms with Crippen molar-refractivity contribution in [3.05, 3.63) is 29.8 Å². The van der Waals surface area contributed by atoms with Crippen molar-refractivity contribution in [1.29, 1.82) is 0 Å². The number of rotatable bonds is 4. The fourth-order valence-corrected chi connectivity index (χ4v) is 1.53. The van der Waals surface area contributed by atoms with Crippen molar-refractivity contribution in [2.24, 2.45) is 0 Å². The zero-order valence-corrected chi connectivity index (χ0v) is 8.14. The molecule has 0 saturated heterocycles. The van der Waals surface area contributed by atoms with Crippen LogP contribution < -0.4 is 0 Å². The lowest BCUT2D eigenvalue weighted by atomic mass is 10.2. The van der Waals surface area contributed by atoms with Gasteiger partial charge in [-0.25, -0.2) is 8.60 Å². The predicted octanol–water partition coefficient (Wildman–Crippen LogP) is 2.00. The molecule has 0 aliphatic heterocycles. The molecule has 13 heavy (non-hydrogen) atoms. The van der Waals surface area contributed by atoms with Gasteiger partial charge in [-0.1, -0.05) is 17.7 Å². The zero-order chi connectivity index (χ0) is 9.68. The lowest BCUT2D eigenvalue weighted by Gasteiger charge is -2.00. The van der Waals surface area contributed by atoms with Crippen LogP contribution in [0, 0.1) is 6.92 Å². The molecular formula is C9H11FO2S. The van der Waals surface area contributed by atoms with E-state index < -0.39 is 17.8 Å². The van der Waals surface area contributed by atoms with Crippen molar-refractivity contribution >= 4 is 11.1 Å². The van der Waals surface area contributed by atoms with Gasteiger partial charge < -0.3 is 0 Å². The quantitative estimate of drug-likeness (QED) is 0.746. The van der Waals surface area contributed by atoms with Gasteiger partial charge in [-0.15, -0.1) is 0 Å². The Morgan fingerprint density at radius 1 is 1.38 bits per heavy atom. The summed E-state index contributed by atoms with van der Waals surface area (Å²) in [6.45, 7) is 1.20. The maximum Gasteiger partial charge on any atom is 0.189 e. The number of hydrogen-bond donors (Lipinski definition) is 0. The summed E-state index contributed by atoms with van der Waals surface area (Å²) < 4.78 is 27.6. The molecule has 0 aliphatic carbocycles. The highest BCUT2D eigenvalue weighted by molar-refractivity contribution is 7.80. The second-order valence-electron chi connectivity index (χ2n) is 2.56. The number of halogens is 1. The maximum atomic E-state index is 11.7. The Hall–Kier alpha value is -0.740. The van der Waals surface area contributed by atoms with Crippen molar-refractivity contribution in [2.75, 3.05) is 13.3 Å². The number of aryl methyl sites for hydroxylation is 1. The summed E-state index contributed by atoms with van der Waals surface area (Å²) in [5.41, 5.74) is 1.09. The molecule has 2 nitrogen and oxygen atoms in total. The molecule has 72 valence electrons. The molecule has 0 fully saturated rings. The number of hydrogen-bond acceptors (Lipinski definition) is 2. The maximum absolute atomic E-state index is 11.7. The molecule has 1 atom stereocenters. The van der Waals surface area contributed by atoms with E-state index in [9.17, 15) is 8.60 Å². The van der Waals surface area contributed by atoms with Crippen LogP contribution in [0.3, 0.4) is 0 Å². The first-order chi connectivity index (χ1) is 6.24. The number of alkyl halides is 1. The highest BCUT2D eigenvalue weighted by Gasteiger charge is 2.02. The third kappa shape index (κ3) is 3.24. The van der Waals surface area contributed by atoms with Crippen LogP contribution in [0.25, 0.3) is 0 Å². The van der Waals surface area contributed by atoms with Crippen molar-refractivity contribution in [2.45, 2.75) is 11.8 Å². The molecule has 0 N–H and O–H groups in total. The molecule has 0 bridgehead atoms. The summed E-state index contributed by atoms with van der Waals surface area (Å²) in [4.78, 5) is 0.569. The van der Waals surface area contributed by atoms with Crippen molar-refractivity contribution in [3.63, 3.8) is 0 Å². The Morgan fingerprint density at radius 3 is 2.54 bits per heavy atom. The second kappa shape index (κ2) is 5.09. The average Bonchev–Trinajstić information content (AvgIpc) is 2.15. The van der Waals surface area contributed by atoms with Gasteiger partial charge in [0.05, 0.1) is 11.5 Å². The Morgan fingerprint density at radius 2 is 2.00 bits per heavy atom. The zero-order valence-electron chi connectivity index (χ0n) is 7.33. The Bertz CT molecular complexity index is 284. The van der Waals surface area contributed by atoms with Crippen LogP contribution in [0.1, 0.15) is 5.56 Å². The molecule has 0 aliphatic rings. The van der Waals surface area contributed by atoms with Gasteiger partial charge in [0.2, 0.25) is 0 Å². The first-order valence-electron chi connectivity index (χ1n) is 3.91. The molecule has 0 radical (unpaired) electrons. The molecule has 4 heteroatoms. The highest BCUT2D eigenvalue weighted by Crippen LogP contribution is 2.08. The minimum atomic E-state index is -1.53. The minimum Gasteiger partial charge on any atom is -0.284 e. The summed E-state index contributed by atoms with van der Waals surface area (Å²) in [6, 6.07) is 7.10. The monoisotopic (exact) mass is 202 g/mol. The molecule has 1 rings (SSSR count). The Labute approximate surface area is 79.4 Å². The average molecular weight is 202 g/mol. The van der Waals surface area contributed by atoms with Gasteiger partial charge >= 0.3 is 0 Å². The van der Waals surface area contributed by atoms with Crippen LogP contribution >= 0.6 is 0 Å². The second-order valence-corrected chi connectivity index (χ2v) is 3.74. The fraction of sp³-hybridized carbons (Fsp3) is 0.333. The van der Waals surface area contributed by atoms with Gasteiger partial charge in [-0.2, -0.15) is 0 Å². The molecule has 0 aromatic heterocycles. The highest BCUT2D eigenvalue weighted by atomic mass is 32.2. The largest absolute Gasteiger partial charge is 0.284 e. The third-order valence-corrected chi connectivity index (χ3v) is 2.52. The molecule has 1 aromatic rings. The summed E-state index contributed by atoms with van der Waals surface area (Å²) >= 11 is -1.53. The lowest BCUT2D eigenvalue weighted by Crippen LogP contribution is -2.00. The summed E-state index contributed by atoms with van der Waals surface area (Å²) in [7, 11) is 0. The van der Waals surface area contributed by atoms with E-state index in [-0.39, 0.29) is 6.61 Å². The summed E-state index contributed by atoms with van der Waals surface area (Å²) in [5, 5.41) is 0. The van der Waals surface area contributed by atoms with Gasteiger partial charge in [0, 0.05) is 0 Å². The van der Waals surface area contributed by atoms with Crippen LogP contribution in [0.2, 0.25) is 0 Å². The van der Waals surface area contributed by atoms with Gasteiger partial charge in [0.25, 0.3) is 0 Å². The first kappa shape index (κ1) is 10.3. The van der Waals surface area contributed by atoms with Crippen LogP contribution in [0.4, 0.5) is 4.39 Å². The summed E-state index contributed by atoms with van der Waals surface area (Å²) in [5.74, 6) is 0. The lowest BCUT2D eigenvalue weighted by molar-refractivity contribution is 0.295. The third-order valence-electron chi connectivity index (χ3n) is 1.48. The number of benzene rings is 1. The SMILES string of the molecule is Cc1ccc(S(=O)OCCF)cc1. The van der Waals surface area contributed by atoms with E-state index in [1.807, 2.05) is 19.1 Å². The standard InChI is InChI=1S/C9H11FO2S/c1-8-2-4-9(5-3-8)13(11)12-7-6-10/h2-5H,6-7H2,1H3. The van der Waals surface area contributed by atoms with Crippen LogP contribution in [0.5, 0.6) is 0 Å². The smallest absolute Gasteiger partial charge is 0.189 e. The molecule has 0 amide bonds. The topological polar surface area (TPSA) is 26.3 Å². The first-order valence-corrected chi connectivity index (χ1v) is 4.99. The van der Waals surface area contributed by atoms with E-state index in [0.29, 0.717) is 4.90 Å². The van der Waals surface area contributed by atoms with E-state index in [4.69, 9.17) is 4.18 Å².